The average molecular weight is 315 g/mol. The Balaban J connectivity index is 2.35. The summed E-state index contributed by atoms with van der Waals surface area (Å²) in [6, 6.07) is 2.75. The normalized spacial score (nSPS) is 13.2. The van der Waals surface area contributed by atoms with Crippen molar-refractivity contribution in [1.82, 2.24) is 9.78 Å². The minimum atomic E-state index is 0.572. The van der Waals surface area contributed by atoms with Gasteiger partial charge in [0.1, 0.15) is 0 Å². The second kappa shape index (κ2) is 8.73. The van der Waals surface area contributed by atoms with Crippen molar-refractivity contribution in [3.8, 4) is 0 Å². The zero-order valence-corrected chi connectivity index (χ0v) is 13.6. The fourth-order valence-electron chi connectivity index (χ4n) is 2.34. The topological polar surface area (TPSA) is 17.8 Å². The van der Waals surface area contributed by atoms with Crippen LogP contribution in [0.3, 0.4) is 0 Å². The fraction of sp³-hybridized carbons (Fsp3) is 0.800. The van der Waals surface area contributed by atoms with E-state index in [1.807, 2.05) is 0 Å². The van der Waals surface area contributed by atoms with Gasteiger partial charge in [0.05, 0.1) is 11.7 Å². The molecule has 0 aliphatic carbocycles. The van der Waals surface area contributed by atoms with Gasteiger partial charge in [-0.15, -0.1) is 0 Å². The fourth-order valence-corrected chi connectivity index (χ4v) is 3.12. The van der Waals surface area contributed by atoms with Crippen LogP contribution in [0.4, 0.5) is 0 Å². The Hall–Kier alpha value is -0.310. The van der Waals surface area contributed by atoms with Crippen molar-refractivity contribution in [1.29, 1.82) is 0 Å². The first-order valence-electron chi connectivity index (χ1n) is 7.39. The number of aromatic nitrogens is 2. The third-order valence-corrected chi connectivity index (χ3v) is 4.45. The van der Waals surface area contributed by atoms with Crippen molar-refractivity contribution in [3.05, 3.63) is 18.0 Å². The van der Waals surface area contributed by atoms with Crippen LogP contribution in [0, 0.1) is 0 Å². The molecule has 1 aromatic heterocycles. The molecule has 0 saturated carbocycles. The van der Waals surface area contributed by atoms with E-state index in [0.717, 1.165) is 19.3 Å². The zero-order valence-electron chi connectivity index (χ0n) is 12.0. The molecule has 18 heavy (non-hydrogen) atoms. The molecule has 1 aromatic rings. The number of hydrogen-bond acceptors (Lipinski definition) is 1. The minimum Gasteiger partial charge on any atom is -0.269 e. The van der Waals surface area contributed by atoms with Crippen molar-refractivity contribution in [3.63, 3.8) is 0 Å². The van der Waals surface area contributed by atoms with Crippen LogP contribution in [-0.4, -0.2) is 14.6 Å². The molecular weight excluding hydrogens is 288 g/mol. The lowest BCUT2D eigenvalue weighted by Gasteiger charge is -2.12. The molecule has 0 spiro atoms. The van der Waals surface area contributed by atoms with Gasteiger partial charge >= 0.3 is 0 Å². The minimum absolute atomic E-state index is 0.572. The molecule has 0 bridgehead atoms. The first-order valence-corrected chi connectivity index (χ1v) is 8.30. The van der Waals surface area contributed by atoms with Crippen LogP contribution in [0.15, 0.2) is 12.3 Å². The molecule has 0 aliphatic heterocycles. The van der Waals surface area contributed by atoms with E-state index in [9.17, 15) is 0 Å². The predicted molar refractivity (Wildman–Crippen MR) is 82.4 cm³/mol. The molecule has 2 nitrogen and oxygen atoms in total. The molecule has 0 radical (unpaired) electrons. The maximum absolute atomic E-state index is 4.70. The summed E-state index contributed by atoms with van der Waals surface area (Å²) < 4.78 is 2.15. The Morgan fingerprint density at radius 3 is 2.56 bits per heavy atom. The molecule has 1 atom stereocenters. The molecule has 3 heteroatoms. The average Bonchev–Trinajstić information content (AvgIpc) is 2.80. The quantitative estimate of drug-likeness (QED) is 0.578. The largest absolute Gasteiger partial charge is 0.269 e. The molecule has 1 rings (SSSR count). The Labute approximate surface area is 120 Å². The molecule has 1 heterocycles. The van der Waals surface area contributed by atoms with E-state index in [-0.39, 0.29) is 0 Å². The lowest BCUT2D eigenvalue weighted by Crippen LogP contribution is -2.08. The predicted octanol–water partition coefficient (Wildman–Crippen LogP) is 5.13. The van der Waals surface area contributed by atoms with E-state index in [1.54, 1.807) is 0 Å². The highest BCUT2D eigenvalue weighted by Gasteiger charge is 2.08. The summed E-state index contributed by atoms with van der Waals surface area (Å²) in [5, 5.41) is 4.70. The summed E-state index contributed by atoms with van der Waals surface area (Å²) in [4.78, 5) is 0.684. The molecule has 104 valence electrons. The monoisotopic (exact) mass is 314 g/mol. The number of hydrogen-bond donors (Lipinski definition) is 0. The first-order chi connectivity index (χ1) is 8.71. The van der Waals surface area contributed by atoms with Crippen LogP contribution < -0.4 is 0 Å². The SMILES string of the molecule is CCCC(Br)CCCc1ccn(C(CC)CC)n1. The molecule has 0 aromatic carbocycles. The van der Waals surface area contributed by atoms with Gasteiger partial charge in [0.2, 0.25) is 0 Å². The van der Waals surface area contributed by atoms with Crippen molar-refractivity contribution in [2.45, 2.75) is 76.6 Å². The summed E-state index contributed by atoms with van der Waals surface area (Å²) in [7, 11) is 0. The standard InChI is InChI=1S/C15H27BrN2/c1-4-8-13(16)9-7-10-14-11-12-18(17-14)15(5-2)6-3/h11-13,15H,4-10H2,1-3H3. The number of nitrogens with zero attached hydrogens (tertiary/aromatic N) is 2. The summed E-state index contributed by atoms with van der Waals surface area (Å²) in [6.07, 6.45) is 10.6. The highest BCUT2D eigenvalue weighted by Crippen LogP contribution is 2.17. The van der Waals surface area contributed by atoms with E-state index in [4.69, 9.17) is 5.10 Å². The summed E-state index contributed by atoms with van der Waals surface area (Å²) >= 11 is 3.74. The van der Waals surface area contributed by atoms with Crippen LogP contribution in [0.5, 0.6) is 0 Å². The van der Waals surface area contributed by atoms with Crippen molar-refractivity contribution < 1.29 is 0 Å². The molecule has 0 saturated heterocycles. The lowest BCUT2D eigenvalue weighted by atomic mass is 10.1. The van der Waals surface area contributed by atoms with E-state index in [0.29, 0.717) is 10.9 Å². The first kappa shape index (κ1) is 15.7. The number of aryl methyl sites for hydroxylation is 1. The smallest absolute Gasteiger partial charge is 0.0624 e. The maximum atomic E-state index is 4.70. The van der Waals surface area contributed by atoms with Gasteiger partial charge in [0.15, 0.2) is 0 Å². The maximum Gasteiger partial charge on any atom is 0.0624 e. The van der Waals surface area contributed by atoms with Gasteiger partial charge in [-0.3, -0.25) is 4.68 Å². The summed E-state index contributed by atoms with van der Waals surface area (Å²) in [6.45, 7) is 6.71. The molecule has 0 N–H and O–H groups in total. The van der Waals surface area contributed by atoms with E-state index >= 15 is 0 Å². The molecular formula is C15H27BrN2. The zero-order chi connectivity index (χ0) is 13.4. The third-order valence-electron chi connectivity index (χ3n) is 3.53. The second-order valence-corrected chi connectivity index (χ2v) is 6.33. The number of alkyl halides is 1. The Morgan fingerprint density at radius 2 is 1.94 bits per heavy atom. The van der Waals surface area contributed by atoms with Crippen LogP contribution in [0.25, 0.3) is 0 Å². The third kappa shape index (κ3) is 5.13. The molecule has 0 amide bonds. The van der Waals surface area contributed by atoms with Gasteiger partial charge in [0, 0.05) is 11.0 Å². The van der Waals surface area contributed by atoms with Gasteiger partial charge in [-0.25, -0.2) is 0 Å². The second-order valence-electron chi connectivity index (χ2n) is 5.04. The summed E-state index contributed by atoms with van der Waals surface area (Å²) in [5.41, 5.74) is 1.25. The van der Waals surface area contributed by atoms with E-state index < -0.39 is 0 Å². The summed E-state index contributed by atoms with van der Waals surface area (Å²) in [5.74, 6) is 0. The number of rotatable bonds is 9. The van der Waals surface area contributed by atoms with Crippen LogP contribution >= 0.6 is 15.9 Å². The van der Waals surface area contributed by atoms with Gasteiger partial charge in [-0.2, -0.15) is 5.10 Å². The van der Waals surface area contributed by atoms with Crippen LogP contribution in [-0.2, 0) is 6.42 Å². The Morgan fingerprint density at radius 1 is 1.22 bits per heavy atom. The van der Waals surface area contributed by atoms with Gasteiger partial charge in [-0.05, 0) is 44.6 Å². The number of halogens is 1. The van der Waals surface area contributed by atoms with E-state index in [1.165, 1.54) is 31.4 Å². The Kier molecular flexibility index (Phi) is 7.64. The van der Waals surface area contributed by atoms with Crippen molar-refractivity contribution >= 4 is 15.9 Å². The van der Waals surface area contributed by atoms with Crippen molar-refractivity contribution in [2.75, 3.05) is 0 Å². The van der Waals surface area contributed by atoms with Gasteiger partial charge in [0.25, 0.3) is 0 Å². The van der Waals surface area contributed by atoms with Gasteiger partial charge in [-0.1, -0.05) is 43.1 Å². The van der Waals surface area contributed by atoms with E-state index in [2.05, 4.69) is 53.6 Å². The van der Waals surface area contributed by atoms with Crippen molar-refractivity contribution in [2.24, 2.45) is 0 Å². The van der Waals surface area contributed by atoms with Crippen LogP contribution in [0.1, 0.15) is 71.0 Å². The Bertz CT molecular complexity index is 318. The highest BCUT2D eigenvalue weighted by molar-refractivity contribution is 9.09. The molecule has 0 fully saturated rings. The highest BCUT2D eigenvalue weighted by atomic mass is 79.9. The molecule has 0 aliphatic rings. The van der Waals surface area contributed by atoms with Gasteiger partial charge < -0.3 is 0 Å². The lowest BCUT2D eigenvalue weighted by molar-refractivity contribution is 0.425. The molecule has 1 unspecified atom stereocenters. The van der Waals surface area contributed by atoms with Crippen LogP contribution in [0.2, 0.25) is 0 Å².